The highest BCUT2D eigenvalue weighted by atomic mass is 35.5. The van der Waals surface area contributed by atoms with Crippen LogP contribution in [0.15, 0.2) is 0 Å². The molecule has 68 valence electrons. The van der Waals surface area contributed by atoms with Crippen molar-refractivity contribution in [1.82, 2.24) is 4.90 Å². The molecule has 5 nitrogen and oxygen atoms in total. The number of rotatable bonds is 4. The molecule has 0 aromatic carbocycles. The maximum Gasteiger partial charge on any atom is 0.244 e. The smallest absolute Gasteiger partial charge is 0.244 e. The monoisotopic (exact) mass is 192 g/mol. The highest BCUT2D eigenvalue weighted by Crippen LogP contribution is 1.91. The topological polar surface area (TPSA) is 80.5 Å². The maximum atomic E-state index is 10.9. The van der Waals surface area contributed by atoms with Gasteiger partial charge in [0.2, 0.25) is 11.8 Å². The second kappa shape index (κ2) is 5.68. The minimum absolute atomic E-state index is 0.290. The molecule has 0 rings (SSSR count). The zero-order chi connectivity index (χ0) is 9.56. The molecule has 0 saturated heterocycles. The molecule has 2 N–H and O–H groups in total. The van der Waals surface area contributed by atoms with Gasteiger partial charge in [-0.15, -0.1) is 11.6 Å². The molecule has 0 atom stereocenters. The number of hydrogen-bond acceptors (Lipinski definition) is 4. The normalized spacial score (nSPS) is 9.17. The number of nitrogens with zero attached hydrogens (tertiary/aromatic N) is 1. The first kappa shape index (κ1) is 11.1. The van der Waals surface area contributed by atoms with E-state index in [9.17, 15) is 14.4 Å². The number of imide groups is 1. The van der Waals surface area contributed by atoms with Crippen LogP contribution in [0.2, 0.25) is 0 Å². The van der Waals surface area contributed by atoms with Gasteiger partial charge in [-0.1, -0.05) is 0 Å². The van der Waals surface area contributed by atoms with Crippen LogP contribution in [0.25, 0.3) is 0 Å². The predicted octanol–water partition coefficient (Wildman–Crippen LogP) is -1.26. The van der Waals surface area contributed by atoms with Crippen molar-refractivity contribution in [2.24, 2.45) is 5.73 Å². The predicted molar refractivity (Wildman–Crippen MR) is 42.6 cm³/mol. The summed E-state index contributed by atoms with van der Waals surface area (Å²) in [5, 5.41) is 0. The van der Waals surface area contributed by atoms with Gasteiger partial charge in [0.05, 0.1) is 13.1 Å². The summed E-state index contributed by atoms with van der Waals surface area (Å²) in [6.45, 7) is -0.599. The molecule has 2 amide bonds. The number of carbonyl (C=O) groups is 3. The lowest BCUT2D eigenvalue weighted by molar-refractivity contribution is -0.143. The van der Waals surface area contributed by atoms with Crippen LogP contribution in [0.5, 0.6) is 0 Å². The fourth-order valence-electron chi connectivity index (χ4n) is 0.600. The number of hydrogen-bond donors (Lipinski definition) is 1. The Kier molecular flexibility index (Phi) is 5.23. The molecule has 0 aliphatic rings. The molecule has 0 heterocycles. The number of aldehydes is 1. The van der Waals surface area contributed by atoms with E-state index in [1.807, 2.05) is 0 Å². The minimum atomic E-state index is -0.612. The molecule has 0 aliphatic carbocycles. The average molecular weight is 193 g/mol. The first-order valence-corrected chi connectivity index (χ1v) is 3.73. The van der Waals surface area contributed by atoms with Crippen LogP contribution in [-0.4, -0.2) is 42.0 Å². The number of carbonyl (C=O) groups excluding carboxylic acids is 3. The van der Waals surface area contributed by atoms with Crippen molar-refractivity contribution in [3.05, 3.63) is 0 Å². The zero-order valence-electron chi connectivity index (χ0n) is 6.33. The van der Waals surface area contributed by atoms with Crippen LogP contribution in [0.3, 0.4) is 0 Å². The van der Waals surface area contributed by atoms with Gasteiger partial charge in [-0.3, -0.25) is 14.5 Å². The van der Waals surface area contributed by atoms with E-state index in [1.54, 1.807) is 0 Å². The fraction of sp³-hybridized carbons (Fsp3) is 0.500. The highest BCUT2D eigenvalue weighted by Gasteiger charge is 2.17. The molecule has 0 spiro atoms. The van der Waals surface area contributed by atoms with Gasteiger partial charge in [0, 0.05) is 0 Å². The van der Waals surface area contributed by atoms with Crippen LogP contribution in [-0.2, 0) is 14.4 Å². The van der Waals surface area contributed by atoms with Crippen molar-refractivity contribution in [2.45, 2.75) is 0 Å². The third-order valence-electron chi connectivity index (χ3n) is 1.15. The van der Waals surface area contributed by atoms with Gasteiger partial charge in [0.25, 0.3) is 0 Å². The lowest BCUT2D eigenvalue weighted by Crippen LogP contribution is -2.42. The van der Waals surface area contributed by atoms with Gasteiger partial charge in [0.1, 0.15) is 12.2 Å². The third-order valence-corrected chi connectivity index (χ3v) is 1.38. The lowest BCUT2D eigenvalue weighted by atomic mass is 10.4. The molecule has 0 bridgehead atoms. The molecular formula is C6H9ClN2O3. The first-order valence-electron chi connectivity index (χ1n) is 3.20. The van der Waals surface area contributed by atoms with Crippen molar-refractivity contribution in [3.8, 4) is 0 Å². The van der Waals surface area contributed by atoms with Gasteiger partial charge in [0.15, 0.2) is 0 Å². The van der Waals surface area contributed by atoms with Crippen LogP contribution in [0, 0.1) is 0 Å². The second-order valence-corrected chi connectivity index (χ2v) is 2.17. The van der Waals surface area contributed by atoms with Gasteiger partial charge in [-0.05, 0) is 0 Å². The Bertz CT molecular complexity index is 179. The van der Waals surface area contributed by atoms with Crippen LogP contribution in [0.4, 0.5) is 0 Å². The van der Waals surface area contributed by atoms with Crippen molar-refractivity contribution in [1.29, 1.82) is 0 Å². The van der Waals surface area contributed by atoms with Gasteiger partial charge < -0.3 is 10.5 Å². The Balaban J connectivity index is 4.31. The molecule has 0 saturated carbocycles. The van der Waals surface area contributed by atoms with E-state index in [1.165, 1.54) is 0 Å². The summed E-state index contributed by atoms with van der Waals surface area (Å²) < 4.78 is 0. The third kappa shape index (κ3) is 2.98. The molecule has 0 aromatic heterocycles. The van der Waals surface area contributed by atoms with Gasteiger partial charge >= 0.3 is 0 Å². The standard InChI is InChI=1S/C6H9ClN2O3/c7-3-5(11)9(1-2-10)6(12)4-8/h2H,1,3-4,8H2. The first-order chi connectivity index (χ1) is 5.67. The Morgan fingerprint density at radius 1 is 1.42 bits per heavy atom. The summed E-state index contributed by atoms with van der Waals surface area (Å²) in [5.41, 5.74) is 4.99. The average Bonchev–Trinajstić information content (AvgIpc) is 2.11. The summed E-state index contributed by atoms with van der Waals surface area (Å²) in [5.74, 6) is -1.55. The number of alkyl halides is 1. The van der Waals surface area contributed by atoms with Gasteiger partial charge in [-0.25, -0.2) is 0 Å². The molecule has 12 heavy (non-hydrogen) atoms. The number of nitrogens with two attached hydrogens (primary N) is 1. The number of amides is 2. The molecule has 0 aromatic rings. The summed E-state index contributed by atoms with van der Waals surface area (Å²) in [6, 6.07) is 0. The summed E-state index contributed by atoms with van der Waals surface area (Å²) in [4.78, 5) is 32.5. The molecular weight excluding hydrogens is 184 g/mol. The lowest BCUT2D eigenvalue weighted by Gasteiger charge is -2.15. The van der Waals surface area contributed by atoms with Crippen LogP contribution in [0.1, 0.15) is 0 Å². The quantitative estimate of drug-likeness (QED) is 0.445. The Labute approximate surface area is 74.5 Å². The number of halogens is 1. The molecule has 0 radical (unpaired) electrons. The Morgan fingerprint density at radius 2 is 2.00 bits per heavy atom. The highest BCUT2D eigenvalue weighted by molar-refractivity contribution is 6.28. The van der Waals surface area contributed by atoms with E-state index >= 15 is 0 Å². The van der Waals surface area contributed by atoms with E-state index < -0.39 is 11.8 Å². The van der Waals surface area contributed by atoms with Crippen LogP contribution < -0.4 is 5.73 Å². The van der Waals surface area contributed by atoms with Gasteiger partial charge in [-0.2, -0.15) is 0 Å². The Hall–Kier alpha value is -0.940. The molecule has 0 aliphatic heterocycles. The maximum absolute atomic E-state index is 10.9. The summed E-state index contributed by atoms with van der Waals surface area (Å²) >= 11 is 5.18. The molecule has 0 fully saturated rings. The van der Waals surface area contributed by atoms with E-state index in [-0.39, 0.29) is 19.0 Å². The largest absolute Gasteiger partial charge is 0.322 e. The summed E-state index contributed by atoms with van der Waals surface area (Å²) in [6.07, 6.45) is 0.442. The fourth-order valence-corrected chi connectivity index (χ4v) is 0.744. The Morgan fingerprint density at radius 3 is 2.33 bits per heavy atom. The van der Waals surface area contributed by atoms with E-state index in [0.717, 1.165) is 4.90 Å². The van der Waals surface area contributed by atoms with E-state index in [0.29, 0.717) is 6.29 Å². The molecule has 0 unspecified atom stereocenters. The van der Waals surface area contributed by atoms with Crippen molar-refractivity contribution < 1.29 is 14.4 Å². The second-order valence-electron chi connectivity index (χ2n) is 1.90. The summed E-state index contributed by atoms with van der Waals surface area (Å²) in [7, 11) is 0. The van der Waals surface area contributed by atoms with Crippen molar-refractivity contribution >= 4 is 29.7 Å². The molecule has 6 heteroatoms. The minimum Gasteiger partial charge on any atom is -0.322 e. The van der Waals surface area contributed by atoms with Crippen molar-refractivity contribution in [3.63, 3.8) is 0 Å². The van der Waals surface area contributed by atoms with Crippen molar-refractivity contribution in [2.75, 3.05) is 19.0 Å². The van der Waals surface area contributed by atoms with Crippen LogP contribution >= 0.6 is 11.6 Å². The SMILES string of the molecule is NCC(=O)N(CC=O)C(=O)CCl. The van der Waals surface area contributed by atoms with E-state index in [4.69, 9.17) is 17.3 Å². The zero-order valence-corrected chi connectivity index (χ0v) is 7.08. The van der Waals surface area contributed by atoms with E-state index in [2.05, 4.69) is 0 Å².